The molecule has 1 amide bonds. The van der Waals surface area contributed by atoms with Crippen LogP contribution in [0, 0.1) is 5.41 Å². The summed E-state index contributed by atoms with van der Waals surface area (Å²) in [5, 5.41) is 5.20. The topological polar surface area (TPSA) is 55.1 Å². The number of rotatable bonds is 5. The molecule has 0 bridgehead atoms. The Morgan fingerprint density at radius 3 is 2.62 bits per heavy atom. The maximum atomic E-state index is 12.8. The third kappa shape index (κ3) is 4.04. The van der Waals surface area contributed by atoms with Crippen molar-refractivity contribution >= 4 is 34.5 Å². The lowest BCUT2D eigenvalue weighted by atomic mass is 9.79. The van der Waals surface area contributed by atoms with Crippen LogP contribution in [0.1, 0.15) is 50.3 Å². The SMILES string of the molecule is CC(Cc1cccs1)NC(=O)C1(C(N)=S)CCCCCC1. The molecule has 1 unspecified atom stereocenters. The molecule has 1 fully saturated rings. The van der Waals surface area contributed by atoms with Crippen LogP contribution in [0.5, 0.6) is 0 Å². The van der Waals surface area contributed by atoms with E-state index in [0.29, 0.717) is 4.99 Å². The van der Waals surface area contributed by atoms with Gasteiger partial charge in [0, 0.05) is 17.3 Å². The monoisotopic (exact) mass is 324 g/mol. The van der Waals surface area contributed by atoms with Crippen molar-refractivity contribution in [2.24, 2.45) is 11.1 Å². The molecule has 3 nitrogen and oxygen atoms in total. The van der Waals surface area contributed by atoms with Gasteiger partial charge in [0.1, 0.15) is 0 Å². The maximum absolute atomic E-state index is 12.8. The van der Waals surface area contributed by atoms with E-state index in [-0.39, 0.29) is 11.9 Å². The molecule has 0 saturated heterocycles. The highest BCUT2D eigenvalue weighted by atomic mass is 32.1. The molecule has 0 radical (unpaired) electrons. The van der Waals surface area contributed by atoms with Gasteiger partial charge in [0.05, 0.1) is 10.4 Å². The lowest BCUT2D eigenvalue weighted by molar-refractivity contribution is -0.128. The fraction of sp³-hybridized carbons (Fsp3) is 0.625. The van der Waals surface area contributed by atoms with Crippen molar-refractivity contribution in [3.05, 3.63) is 22.4 Å². The van der Waals surface area contributed by atoms with Crippen molar-refractivity contribution in [2.75, 3.05) is 0 Å². The average molecular weight is 325 g/mol. The number of thiophene rings is 1. The minimum Gasteiger partial charge on any atom is -0.392 e. The molecule has 0 aliphatic heterocycles. The van der Waals surface area contributed by atoms with E-state index >= 15 is 0 Å². The summed E-state index contributed by atoms with van der Waals surface area (Å²) in [7, 11) is 0. The zero-order valence-corrected chi connectivity index (χ0v) is 14.2. The van der Waals surface area contributed by atoms with E-state index in [1.54, 1.807) is 11.3 Å². The third-order valence-electron chi connectivity index (χ3n) is 4.33. The van der Waals surface area contributed by atoms with E-state index in [9.17, 15) is 4.79 Å². The van der Waals surface area contributed by atoms with E-state index in [2.05, 4.69) is 16.8 Å². The molecule has 3 N–H and O–H groups in total. The number of nitrogens with one attached hydrogen (secondary N) is 1. The molecule has 1 aliphatic carbocycles. The summed E-state index contributed by atoms with van der Waals surface area (Å²) < 4.78 is 0. The van der Waals surface area contributed by atoms with Crippen molar-refractivity contribution in [3.8, 4) is 0 Å². The van der Waals surface area contributed by atoms with Crippen LogP contribution in [0.15, 0.2) is 17.5 Å². The number of nitrogens with two attached hydrogens (primary N) is 1. The summed E-state index contributed by atoms with van der Waals surface area (Å²) in [4.78, 5) is 14.4. The summed E-state index contributed by atoms with van der Waals surface area (Å²) in [5.41, 5.74) is 5.33. The van der Waals surface area contributed by atoms with Gasteiger partial charge in [0.25, 0.3) is 0 Å². The molecule has 1 saturated carbocycles. The van der Waals surface area contributed by atoms with Gasteiger partial charge in [0.15, 0.2) is 0 Å². The summed E-state index contributed by atoms with van der Waals surface area (Å²) in [6.45, 7) is 2.04. The highest BCUT2D eigenvalue weighted by Crippen LogP contribution is 2.36. The molecule has 1 aromatic heterocycles. The van der Waals surface area contributed by atoms with Gasteiger partial charge >= 0.3 is 0 Å². The molecular weight excluding hydrogens is 300 g/mol. The second-order valence-electron chi connectivity index (χ2n) is 6.02. The van der Waals surface area contributed by atoms with E-state index in [4.69, 9.17) is 18.0 Å². The Hall–Kier alpha value is -0.940. The first-order valence-electron chi connectivity index (χ1n) is 7.68. The van der Waals surface area contributed by atoms with Crippen molar-refractivity contribution in [1.82, 2.24) is 5.32 Å². The van der Waals surface area contributed by atoms with Crippen molar-refractivity contribution < 1.29 is 4.79 Å². The molecule has 2 rings (SSSR count). The van der Waals surface area contributed by atoms with Crippen LogP contribution in [0.2, 0.25) is 0 Å². The van der Waals surface area contributed by atoms with Crippen molar-refractivity contribution in [2.45, 2.75) is 57.9 Å². The second kappa shape index (κ2) is 7.36. The molecule has 21 heavy (non-hydrogen) atoms. The highest BCUT2D eigenvalue weighted by molar-refractivity contribution is 7.80. The number of amides is 1. The zero-order valence-electron chi connectivity index (χ0n) is 12.6. The summed E-state index contributed by atoms with van der Waals surface area (Å²) in [6, 6.07) is 4.24. The Morgan fingerprint density at radius 2 is 2.10 bits per heavy atom. The maximum Gasteiger partial charge on any atom is 0.233 e. The number of hydrogen-bond donors (Lipinski definition) is 2. The molecule has 0 aromatic carbocycles. The summed E-state index contributed by atoms with van der Waals surface area (Å²) >= 11 is 6.97. The highest BCUT2D eigenvalue weighted by Gasteiger charge is 2.41. The third-order valence-corrected chi connectivity index (χ3v) is 5.62. The molecule has 116 valence electrons. The zero-order chi connectivity index (χ0) is 15.3. The Bertz CT molecular complexity index is 476. The van der Waals surface area contributed by atoms with Crippen LogP contribution in [0.4, 0.5) is 0 Å². The van der Waals surface area contributed by atoms with Gasteiger partial charge in [-0.25, -0.2) is 0 Å². The molecule has 1 heterocycles. The van der Waals surface area contributed by atoms with Gasteiger partial charge in [0.2, 0.25) is 5.91 Å². The number of hydrogen-bond acceptors (Lipinski definition) is 3. The van der Waals surface area contributed by atoms with Crippen LogP contribution < -0.4 is 11.1 Å². The number of carbonyl (C=O) groups excluding carboxylic acids is 1. The van der Waals surface area contributed by atoms with Gasteiger partial charge in [-0.3, -0.25) is 4.79 Å². The fourth-order valence-corrected chi connectivity index (χ4v) is 4.19. The summed E-state index contributed by atoms with van der Waals surface area (Å²) in [6.07, 6.45) is 6.84. The van der Waals surface area contributed by atoms with Crippen LogP contribution in [0.25, 0.3) is 0 Å². The first-order valence-corrected chi connectivity index (χ1v) is 8.96. The van der Waals surface area contributed by atoms with Gasteiger partial charge < -0.3 is 11.1 Å². The molecule has 1 atom stereocenters. The normalized spacial score (nSPS) is 19.5. The molecule has 1 aliphatic rings. The minimum atomic E-state index is -0.629. The largest absolute Gasteiger partial charge is 0.392 e. The first-order chi connectivity index (χ1) is 10.0. The van der Waals surface area contributed by atoms with E-state index < -0.39 is 5.41 Å². The predicted molar refractivity (Wildman–Crippen MR) is 92.5 cm³/mol. The Balaban J connectivity index is 2.02. The lowest BCUT2D eigenvalue weighted by Crippen LogP contribution is -2.51. The Kier molecular flexibility index (Phi) is 5.76. The van der Waals surface area contributed by atoms with E-state index in [1.165, 1.54) is 17.7 Å². The molecule has 1 aromatic rings. The number of carbonyl (C=O) groups is 1. The average Bonchev–Trinajstić information content (AvgIpc) is 2.79. The van der Waals surface area contributed by atoms with Crippen LogP contribution >= 0.6 is 23.6 Å². The number of thiocarbonyl (C=S) groups is 1. The summed E-state index contributed by atoms with van der Waals surface area (Å²) in [5.74, 6) is 0.0287. The fourth-order valence-electron chi connectivity index (χ4n) is 3.06. The van der Waals surface area contributed by atoms with Gasteiger partial charge in [-0.15, -0.1) is 11.3 Å². The second-order valence-corrected chi connectivity index (χ2v) is 7.49. The van der Waals surface area contributed by atoms with Crippen LogP contribution in [-0.2, 0) is 11.2 Å². The molecule has 5 heteroatoms. The molecular formula is C16H24N2OS2. The molecule has 0 spiro atoms. The standard InChI is InChI=1S/C16H24N2OS2/c1-12(11-13-7-6-10-21-13)18-15(19)16(14(17)20)8-4-2-3-5-9-16/h6-7,10,12H,2-5,8-9,11H2,1H3,(H2,17,20)(H,18,19). The lowest BCUT2D eigenvalue weighted by Gasteiger charge is -2.31. The first kappa shape index (κ1) is 16.4. The van der Waals surface area contributed by atoms with E-state index in [1.807, 2.05) is 13.0 Å². The van der Waals surface area contributed by atoms with Gasteiger partial charge in [-0.1, -0.05) is 44.0 Å². The smallest absolute Gasteiger partial charge is 0.233 e. The minimum absolute atomic E-state index is 0.0287. The van der Waals surface area contributed by atoms with E-state index in [0.717, 1.165) is 32.1 Å². The Labute approximate surface area is 136 Å². The van der Waals surface area contributed by atoms with Gasteiger partial charge in [-0.05, 0) is 31.2 Å². The van der Waals surface area contributed by atoms with Crippen LogP contribution in [-0.4, -0.2) is 16.9 Å². The predicted octanol–water partition coefficient (Wildman–Crippen LogP) is 3.42. The van der Waals surface area contributed by atoms with Crippen LogP contribution in [0.3, 0.4) is 0 Å². The van der Waals surface area contributed by atoms with Crippen molar-refractivity contribution in [3.63, 3.8) is 0 Å². The van der Waals surface area contributed by atoms with Crippen molar-refractivity contribution in [1.29, 1.82) is 0 Å². The Morgan fingerprint density at radius 1 is 1.43 bits per heavy atom. The van der Waals surface area contributed by atoms with Gasteiger partial charge in [-0.2, -0.15) is 0 Å². The quantitative estimate of drug-likeness (QED) is 0.644.